The molecule has 1 aliphatic rings. The lowest BCUT2D eigenvalue weighted by atomic mass is 9.84. The number of esters is 1. The maximum absolute atomic E-state index is 11.9. The van der Waals surface area contributed by atoms with Gasteiger partial charge in [0.2, 0.25) is 5.91 Å². The molecule has 6 nitrogen and oxygen atoms in total. The summed E-state index contributed by atoms with van der Waals surface area (Å²) in [5.41, 5.74) is 5.89. The number of nitrogens with one attached hydrogen (secondary N) is 1. The van der Waals surface area contributed by atoms with Crippen molar-refractivity contribution in [1.82, 2.24) is 5.32 Å². The minimum Gasteiger partial charge on any atom is -0.467 e. The van der Waals surface area contributed by atoms with Crippen molar-refractivity contribution in [1.29, 1.82) is 0 Å². The number of methoxy groups -OCH3 is 1. The molecule has 1 fully saturated rings. The molecule has 0 radical (unpaired) electrons. The zero-order valence-electron chi connectivity index (χ0n) is 10.7. The van der Waals surface area contributed by atoms with Crippen molar-refractivity contribution in [3.8, 4) is 0 Å². The Balaban J connectivity index is 2.49. The molecule has 0 aliphatic heterocycles. The number of amides is 1. The Labute approximate surface area is 107 Å². The van der Waals surface area contributed by atoms with Crippen LogP contribution in [0.2, 0.25) is 0 Å². The van der Waals surface area contributed by atoms with E-state index in [2.05, 4.69) is 10.1 Å². The second-order valence-corrected chi connectivity index (χ2v) is 4.69. The summed E-state index contributed by atoms with van der Waals surface area (Å²) in [6, 6.07) is -1.65. The van der Waals surface area contributed by atoms with Gasteiger partial charge in [-0.3, -0.25) is 4.79 Å². The van der Waals surface area contributed by atoms with Crippen LogP contribution in [0.15, 0.2) is 0 Å². The summed E-state index contributed by atoms with van der Waals surface area (Å²) in [7, 11) is 1.21. The molecular formula is C12H22N2O4. The minimum absolute atomic E-state index is 0.163. The minimum atomic E-state index is -1.03. The maximum atomic E-state index is 11.9. The topological polar surface area (TPSA) is 102 Å². The number of hydrogen-bond donors (Lipinski definition) is 3. The molecule has 0 aromatic rings. The highest BCUT2D eigenvalue weighted by Crippen LogP contribution is 2.25. The Hall–Kier alpha value is -1.14. The van der Waals surface area contributed by atoms with Gasteiger partial charge in [0.05, 0.1) is 19.8 Å². The molecule has 4 N–H and O–H groups in total. The number of aliphatic hydroxyl groups is 1. The standard InChI is InChI=1S/C12H22N2O4/c1-18-12(17)9(7-15)14-11(16)10(13)8-5-3-2-4-6-8/h8-10,15H,2-7,13H2,1H3,(H,14,16)/t9-,10-/m0/s1. The van der Waals surface area contributed by atoms with Gasteiger partial charge in [-0.05, 0) is 18.8 Å². The number of rotatable bonds is 5. The van der Waals surface area contributed by atoms with Crippen molar-refractivity contribution in [3.05, 3.63) is 0 Å². The lowest BCUT2D eigenvalue weighted by Gasteiger charge is -2.27. The molecule has 0 saturated heterocycles. The third-order valence-corrected chi connectivity index (χ3v) is 3.45. The lowest BCUT2D eigenvalue weighted by molar-refractivity contribution is -0.146. The third-order valence-electron chi connectivity index (χ3n) is 3.45. The van der Waals surface area contributed by atoms with Crippen LogP contribution < -0.4 is 11.1 Å². The first-order valence-electron chi connectivity index (χ1n) is 6.34. The zero-order valence-corrected chi connectivity index (χ0v) is 10.7. The molecular weight excluding hydrogens is 236 g/mol. The number of aliphatic hydroxyl groups excluding tert-OH is 1. The summed E-state index contributed by atoms with van der Waals surface area (Å²) >= 11 is 0. The van der Waals surface area contributed by atoms with Crippen molar-refractivity contribution in [2.75, 3.05) is 13.7 Å². The van der Waals surface area contributed by atoms with Crippen LogP contribution in [-0.2, 0) is 14.3 Å². The van der Waals surface area contributed by atoms with Crippen LogP contribution in [0, 0.1) is 5.92 Å². The van der Waals surface area contributed by atoms with Gasteiger partial charge in [0.25, 0.3) is 0 Å². The van der Waals surface area contributed by atoms with Crippen LogP contribution in [0.3, 0.4) is 0 Å². The zero-order chi connectivity index (χ0) is 13.5. The molecule has 1 amide bonds. The second-order valence-electron chi connectivity index (χ2n) is 4.69. The van der Waals surface area contributed by atoms with E-state index < -0.39 is 30.6 Å². The molecule has 0 unspecified atom stereocenters. The van der Waals surface area contributed by atoms with Crippen LogP contribution in [0.4, 0.5) is 0 Å². The van der Waals surface area contributed by atoms with Gasteiger partial charge in [0.15, 0.2) is 6.04 Å². The summed E-state index contributed by atoms with van der Waals surface area (Å²) in [5.74, 6) is -0.899. The van der Waals surface area contributed by atoms with Crippen LogP contribution in [-0.4, -0.2) is 42.8 Å². The van der Waals surface area contributed by atoms with Crippen molar-refractivity contribution in [3.63, 3.8) is 0 Å². The molecule has 0 aromatic carbocycles. The van der Waals surface area contributed by atoms with Gasteiger partial charge in [-0.25, -0.2) is 4.79 Å². The van der Waals surface area contributed by atoms with Gasteiger partial charge < -0.3 is 20.9 Å². The molecule has 2 atom stereocenters. The number of ether oxygens (including phenoxy) is 1. The normalized spacial score (nSPS) is 19.9. The van der Waals surface area contributed by atoms with Crippen molar-refractivity contribution in [2.45, 2.75) is 44.2 Å². The Bertz CT molecular complexity index is 290. The maximum Gasteiger partial charge on any atom is 0.330 e. The molecule has 0 aromatic heterocycles. The van der Waals surface area contributed by atoms with E-state index in [4.69, 9.17) is 10.8 Å². The highest BCUT2D eigenvalue weighted by Gasteiger charge is 2.29. The number of nitrogens with two attached hydrogens (primary N) is 1. The van der Waals surface area contributed by atoms with E-state index in [-0.39, 0.29) is 5.92 Å². The van der Waals surface area contributed by atoms with E-state index in [1.165, 1.54) is 13.5 Å². The Morgan fingerprint density at radius 2 is 2.00 bits per heavy atom. The third kappa shape index (κ3) is 3.96. The van der Waals surface area contributed by atoms with E-state index in [1.807, 2.05) is 0 Å². The molecule has 1 saturated carbocycles. The van der Waals surface area contributed by atoms with Gasteiger partial charge in [-0.2, -0.15) is 0 Å². The summed E-state index contributed by atoms with van der Waals surface area (Å²) in [4.78, 5) is 23.1. The van der Waals surface area contributed by atoms with Crippen molar-refractivity contribution in [2.24, 2.45) is 11.7 Å². The van der Waals surface area contributed by atoms with Crippen LogP contribution in [0.5, 0.6) is 0 Å². The Kier molecular flexibility index (Phi) is 6.07. The largest absolute Gasteiger partial charge is 0.467 e. The molecule has 1 aliphatic carbocycles. The van der Waals surface area contributed by atoms with E-state index in [9.17, 15) is 9.59 Å². The number of carbonyl (C=O) groups excluding carboxylic acids is 2. The highest BCUT2D eigenvalue weighted by molar-refractivity contribution is 5.87. The fourth-order valence-electron chi connectivity index (χ4n) is 2.30. The first kappa shape index (κ1) is 14.9. The fraction of sp³-hybridized carbons (Fsp3) is 0.833. The SMILES string of the molecule is COC(=O)[C@H](CO)NC(=O)[C@@H](N)C1CCCCC1. The number of hydrogen-bond acceptors (Lipinski definition) is 5. The molecule has 0 spiro atoms. The van der Waals surface area contributed by atoms with Gasteiger partial charge in [-0.15, -0.1) is 0 Å². The van der Waals surface area contributed by atoms with Gasteiger partial charge in [0.1, 0.15) is 0 Å². The summed E-state index contributed by atoms with van der Waals surface area (Å²) in [6.45, 7) is -0.490. The monoisotopic (exact) mass is 258 g/mol. The molecule has 0 heterocycles. The van der Waals surface area contributed by atoms with E-state index in [1.54, 1.807) is 0 Å². The first-order valence-corrected chi connectivity index (χ1v) is 6.34. The first-order chi connectivity index (χ1) is 8.60. The van der Waals surface area contributed by atoms with Gasteiger partial charge >= 0.3 is 5.97 Å². The smallest absolute Gasteiger partial charge is 0.330 e. The molecule has 0 bridgehead atoms. The lowest BCUT2D eigenvalue weighted by Crippen LogP contribution is -2.52. The van der Waals surface area contributed by atoms with Crippen LogP contribution >= 0.6 is 0 Å². The molecule has 18 heavy (non-hydrogen) atoms. The highest BCUT2D eigenvalue weighted by atomic mass is 16.5. The quantitative estimate of drug-likeness (QED) is 0.579. The van der Waals surface area contributed by atoms with E-state index >= 15 is 0 Å². The predicted octanol–water partition coefficient (Wildman–Crippen LogP) is -0.456. The van der Waals surface area contributed by atoms with Crippen molar-refractivity contribution >= 4 is 11.9 Å². The summed E-state index contributed by atoms with van der Waals surface area (Å²) < 4.78 is 4.47. The summed E-state index contributed by atoms with van der Waals surface area (Å²) in [5, 5.41) is 11.4. The predicted molar refractivity (Wildman–Crippen MR) is 65.6 cm³/mol. The van der Waals surface area contributed by atoms with E-state index in [0.717, 1.165) is 25.7 Å². The van der Waals surface area contributed by atoms with Gasteiger partial charge in [-0.1, -0.05) is 19.3 Å². The molecule has 6 heteroatoms. The number of carbonyl (C=O) groups is 2. The van der Waals surface area contributed by atoms with Crippen LogP contribution in [0.1, 0.15) is 32.1 Å². The molecule has 1 rings (SSSR count). The Morgan fingerprint density at radius 1 is 1.39 bits per heavy atom. The second kappa shape index (κ2) is 7.33. The van der Waals surface area contributed by atoms with Gasteiger partial charge in [0, 0.05) is 0 Å². The average Bonchev–Trinajstić information content (AvgIpc) is 2.43. The fourth-order valence-corrected chi connectivity index (χ4v) is 2.30. The Morgan fingerprint density at radius 3 is 2.50 bits per heavy atom. The van der Waals surface area contributed by atoms with Crippen molar-refractivity contribution < 1.29 is 19.4 Å². The van der Waals surface area contributed by atoms with E-state index in [0.29, 0.717) is 0 Å². The average molecular weight is 258 g/mol. The summed E-state index contributed by atoms with van der Waals surface area (Å²) in [6.07, 6.45) is 5.25. The molecule has 104 valence electrons. The van der Waals surface area contributed by atoms with Crippen LogP contribution in [0.25, 0.3) is 0 Å².